The molecule has 1 aliphatic heterocycles. The van der Waals surface area contributed by atoms with E-state index in [4.69, 9.17) is 4.42 Å². The first kappa shape index (κ1) is 12.6. The zero-order chi connectivity index (χ0) is 14.2. The first-order chi connectivity index (χ1) is 10.3. The number of hydrogen-bond acceptors (Lipinski definition) is 6. The molecule has 0 spiro atoms. The Labute approximate surface area is 124 Å². The summed E-state index contributed by atoms with van der Waals surface area (Å²) in [5.74, 6) is 0.953. The van der Waals surface area contributed by atoms with E-state index in [1.54, 1.807) is 6.26 Å². The number of aromatic nitrogens is 3. The molecule has 21 heavy (non-hydrogen) atoms. The summed E-state index contributed by atoms with van der Waals surface area (Å²) in [6.07, 6.45) is 6.55. The van der Waals surface area contributed by atoms with Crippen molar-refractivity contribution in [3.63, 3.8) is 0 Å². The van der Waals surface area contributed by atoms with Gasteiger partial charge in [0.05, 0.1) is 12.3 Å². The van der Waals surface area contributed by atoms with Crippen LogP contribution in [0, 0.1) is 0 Å². The van der Waals surface area contributed by atoms with Crippen LogP contribution in [-0.4, -0.2) is 21.1 Å². The molecule has 1 fully saturated rings. The van der Waals surface area contributed by atoms with Crippen LogP contribution in [0.2, 0.25) is 0 Å². The van der Waals surface area contributed by atoms with Crippen LogP contribution in [0.4, 0.5) is 5.13 Å². The van der Waals surface area contributed by atoms with E-state index in [2.05, 4.69) is 15.0 Å². The Morgan fingerprint density at radius 2 is 2.29 bits per heavy atom. The van der Waals surface area contributed by atoms with E-state index < -0.39 is 0 Å². The standard InChI is InChI=1S/C14H14N4O2S/c19-12-6-7-15-13-18(12)16-14(21-13)17-8-2-1-4-10(17)11-5-3-9-20-11/h3,5-7,9-10H,1-2,4,8H2/t10-/m0/s1. The highest BCUT2D eigenvalue weighted by atomic mass is 32.1. The number of fused-ring (bicyclic) bond motifs is 1. The van der Waals surface area contributed by atoms with Crippen molar-refractivity contribution >= 4 is 21.4 Å². The molecule has 108 valence electrons. The van der Waals surface area contributed by atoms with Crippen LogP contribution in [0.1, 0.15) is 31.1 Å². The lowest BCUT2D eigenvalue weighted by atomic mass is 10.0. The maximum atomic E-state index is 11.8. The Morgan fingerprint density at radius 3 is 3.10 bits per heavy atom. The van der Waals surface area contributed by atoms with Crippen molar-refractivity contribution in [2.75, 3.05) is 11.4 Å². The minimum atomic E-state index is -0.144. The topological polar surface area (TPSA) is 63.6 Å². The molecule has 0 aromatic carbocycles. The van der Waals surface area contributed by atoms with Crippen molar-refractivity contribution in [1.29, 1.82) is 0 Å². The molecule has 1 aliphatic rings. The second-order valence-electron chi connectivity index (χ2n) is 5.08. The van der Waals surface area contributed by atoms with Gasteiger partial charge in [0.2, 0.25) is 10.1 Å². The molecule has 4 heterocycles. The van der Waals surface area contributed by atoms with Gasteiger partial charge in [-0.1, -0.05) is 11.3 Å². The van der Waals surface area contributed by atoms with Gasteiger partial charge in [-0.2, -0.15) is 4.52 Å². The van der Waals surface area contributed by atoms with Gasteiger partial charge >= 0.3 is 0 Å². The van der Waals surface area contributed by atoms with Crippen molar-refractivity contribution in [3.05, 3.63) is 46.8 Å². The van der Waals surface area contributed by atoms with Gasteiger partial charge in [0, 0.05) is 18.8 Å². The summed E-state index contributed by atoms with van der Waals surface area (Å²) in [4.78, 5) is 18.9. The van der Waals surface area contributed by atoms with Crippen LogP contribution in [0.15, 0.2) is 39.9 Å². The molecular weight excluding hydrogens is 288 g/mol. The van der Waals surface area contributed by atoms with Crippen LogP contribution in [-0.2, 0) is 0 Å². The van der Waals surface area contributed by atoms with Crippen LogP contribution in [0.25, 0.3) is 4.96 Å². The summed E-state index contributed by atoms with van der Waals surface area (Å²) in [5.41, 5.74) is -0.144. The fourth-order valence-corrected chi connectivity index (χ4v) is 3.74. The summed E-state index contributed by atoms with van der Waals surface area (Å²) in [6.45, 7) is 0.917. The van der Waals surface area contributed by atoms with Crippen molar-refractivity contribution in [2.45, 2.75) is 25.3 Å². The van der Waals surface area contributed by atoms with Gasteiger partial charge in [0.25, 0.3) is 5.56 Å². The summed E-state index contributed by atoms with van der Waals surface area (Å²) >= 11 is 1.44. The number of furan rings is 1. The largest absolute Gasteiger partial charge is 0.467 e. The molecule has 0 aliphatic carbocycles. The highest BCUT2D eigenvalue weighted by molar-refractivity contribution is 7.20. The van der Waals surface area contributed by atoms with Gasteiger partial charge in [-0.15, -0.1) is 5.10 Å². The monoisotopic (exact) mass is 302 g/mol. The van der Waals surface area contributed by atoms with Gasteiger partial charge < -0.3 is 9.32 Å². The van der Waals surface area contributed by atoms with Gasteiger partial charge in [0.15, 0.2) is 0 Å². The minimum Gasteiger partial charge on any atom is -0.467 e. The first-order valence-corrected chi connectivity index (χ1v) is 7.79. The quantitative estimate of drug-likeness (QED) is 0.727. The molecule has 1 atom stereocenters. The van der Waals surface area contributed by atoms with E-state index in [0.29, 0.717) is 4.96 Å². The normalized spacial score (nSPS) is 19.2. The average molecular weight is 302 g/mol. The fourth-order valence-electron chi connectivity index (χ4n) is 2.79. The molecule has 0 N–H and O–H groups in total. The Bertz CT molecular complexity index is 808. The minimum absolute atomic E-state index is 0.144. The van der Waals surface area contributed by atoms with Gasteiger partial charge in [-0.25, -0.2) is 4.98 Å². The molecular formula is C14H14N4O2S. The van der Waals surface area contributed by atoms with Gasteiger partial charge in [-0.05, 0) is 31.4 Å². The van der Waals surface area contributed by atoms with E-state index in [0.717, 1.165) is 30.3 Å². The third-order valence-electron chi connectivity index (χ3n) is 3.78. The smallest absolute Gasteiger partial charge is 0.275 e. The molecule has 0 radical (unpaired) electrons. The van der Waals surface area contributed by atoms with E-state index >= 15 is 0 Å². The molecule has 0 bridgehead atoms. The zero-order valence-corrected chi connectivity index (χ0v) is 12.1. The predicted molar refractivity (Wildman–Crippen MR) is 79.8 cm³/mol. The molecule has 0 unspecified atom stereocenters. The average Bonchev–Trinajstić information content (AvgIpc) is 3.17. The Balaban J connectivity index is 1.78. The molecule has 3 aromatic heterocycles. The molecule has 0 amide bonds. The molecule has 3 aromatic rings. The zero-order valence-electron chi connectivity index (χ0n) is 11.3. The van der Waals surface area contributed by atoms with Gasteiger partial charge in [-0.3, -0.25) is 4.79 Å². The van der Waals surface area contributed by atoms with E-state index in [9.17, 15) is 4.79 Å². The van der Waals surface area contributed by atoms with Crippen molar-refractivity contribution in [3.8, 4) is 0 Å². The summed E-state index contributed by atoms with van der Waals surface area (Å²) in [7, 11) is 0. The van der Waals surface area contributed by atoms with Gasteiger partial charge in [0.1, 0.15) is 5.76 Å². The van der Waals surface area contributed by atoms with E-state index in [1.165, 1.54) is 34.5 Å². The summed E-state index contributed by atoms with van der Waals surface area (Å²) in [5, 5.41) is 5.27. The molecule has 6 nitrogen and oxygen atoms in total. The van der Waals surface area contributed by atoms with Crippen LogP contribution < -0.4 is 10.5 Å². The summed E-state index contributed by atoms with van der Waals surface area (Å²) < 4.78 is 6.94. The van der Waals surface area contributed by atoms with Crippen molar-refractivity contribution in [2.24, 2.45) is 0 Å². The molecule has 0 saturated carbocycles. The Morgan fingerprint density at radius 1 is 1.33 bits per heavy atom. The van der Waals surface area contributed by atoms with Crippen molar-refractivity contribution < 1.29 is 4.42 Å². The summed E-state index contributed by atoms with van der Waals surface area (Å²) in [6, 6.07) is 5.52. The highest BCUT2D eigenvalue weighted by Crippen LogP contribution is 2.36. The fraction of sp³-hybridized carbons (Fsp3) is 0.357. The first-order valence-electron chi connectivity index (χ1n) is 6.98. The van der Waals surface area contributed by atoms with Crippen LogP contribution >= 0.6 is 11.3 Å². The number of rotatable bonds is 2. The maximum absolute atomic E-state index is 11.8. The SMILES string of the molecule is O=c1ccnc2sc(N3CCCC[C@H]3c3ccco3)nn12. The van der Waals surface area contributed by atoms with Crippen molar-refractivity contribution in [1.82, 2.24) is 14.6 Å². The second kappa shape index (κ2) is 5.00. The lowest BCUT2D eigenvalue weighted by molar-refractivity contribution is 0.390. The Hall–Kier alpha value is -2.15. The number of hydrogen-bond donors (Lipinski definition) is 0. The lowest BCUT2D eigenvalue weighted by Gasteiger charge is -2.33. The highest BCUT2D eigenvalue weighted by Gasteiger charge is 2.28. The van der Waals surface area contributed by atoms with E-state index in [1.807, 2.05) is 12.1 Å². The maximum Gasteiger partial charge on any atom is 0.275 e. The third kappa shape index (κ3) is 2.13. The van der Waals surface area contributed by atoms with E-state index in [-0.39, 0.29) is 11.6 Å². The molecule has 1 saturated heterocycles. The number of nitrogens with zero attached hydrogens (tertiary/aromatic N) is 4. The second-order valence-corrected chi connectivity index (χ2v) is 6.02. The third-order valence-corrected chi connectivity index (χ3v) is 4.74. The Kier molecular flexibility index (Phi) is 2.99. The molecule has 4 rings (SSSR count). The lowest BCUT2D eigenvalue weighted by Crippen LogP contribution is -2.33. The molecule has 7 heteroatoms. The number of anilines is 1. The number of piperidine rings is 1. The predicted octanol–water partition coefficient (Wildman–Crippen LogP) is 2.48. The van der Waals surface area contributed by atoms with Crippen LogP contribution in [0.5, 0.6) is 0 Å². The van der Waals surface area contributed by atoms with Crippen LogP contribution in [0.3, 0.4) is 0 Å².